The molecule has 0 radical (unpaired) electrons. The molecule has 0 unspecified atom stereocenters. The topological polar surface area (TPSA) is 118 Å². The van der Waals surface area contributed by atoms with E-state index in [1.54, 1.807) is 29.6 Å². The van der Waals surface area contributed by atoms with Crippen molar-refractivity contribution in [1.29, 1.82) is 0 Å². The lowest BCUT2D eigenvalue weighted by Crippen LogP contribution is -2.34. The number of alkyl halides is 3. The van der Waals surface area contributed by atoms with Crippen molar-refractivity contribution in [2.24, 2.45) is 5.14 Å². The van der Waals surface area contributed by atoms with Gasteiger partial charge in [-0.3, -0.25) is 9.59 Å². The second-order valence-electron chi connectivity index (χ2n) is 5.87. The molecule has 0 heterocycles. The summed E-state index contributed by atoms with van der Waals surface area (Å²) in [5.74, 6) is -1.81. The maximum Gasteiger partial charge on any atom is 0.405 e. The van der Waals surface area contributed by atoms with Crippen LogP contribution in [-0.2, 0) is 21.2 Å². The Morgan fingerprint density at radius 3 is 2.34 bits per heavy atom. The number of halogens is 4. The number of carbonyl (C=O) groups excluding carboxylic acids is 2. The number of carbonyl (C=O) groups is 2. The van der Waals surface area contributed by atoms with Gasteiger partial charge in [-0.05, 0) is 29.8 Å². The predicted octanol–water partition coefficient (Wildman–Crippen LogP) is 2.46. The molecule has 29 heavy (non-hydrogen) atoms. The van der Waals surface area contributed by atoms with Crippen LogP contribution in [0.3, 0.4) is 0 Å². The minimum Gasteiger partial charge on any atom is -0.343 e. The molecule has 0 atom stereocenters. The standard InChI is InChI=1S/C17H15ClF3N3O4S/c18-13-4-2-1-3-10(13)7-15(25)24-11-5-6-12(14(8-11)29(22,27)28)16(26)23-9-17(19,20)21/h1-6,8H,7,9H2,(H,23,26)(H,24,25)(H2,22,27,28). The van der Waals surface area contributed by atoms with Crippen LogP contribution < -0.4 is 15.8 Å². The van der Waals surface area contributed by atoms with E-state index >= 15 is 0 Å². The molecule has 2 rings (SSSR count). The number of hydrogen-bond donors (Lipinski definition) is 3. The van der Waals surface area contributed by atoms with Gasteiger partial charge in [0.25, 0.3) is 5.91 Å². The van der Waals surface area contributed by atoms with Crippen LogP contribution in [0.5, 0.6) is 0 Å². The molecule has 156 valence electrons. The van der Waals surface area contributed by atoms with Crippen molar-refractivity contribution in [3.63, 3.8) is 0 Å². The first-order chi connectivity index (χ1) is 13.4. The van der Waals surface area contributed by atoms with Crippen molar-refractivity contribution < 1.29 is 31.2 Å². The highest BCUT2D eigenvalue weighted by Gasteiger charge is 2.29. The van der Waals surface area contributed by atoms with Gasteiger partial charge in [-0.2, -0.15) is 13.2 Å². The molecule has 0 saturated carbocycles. The van der Waals surface area contributed by atoms with Crippen LogP contribution in [0.15, 0.2) is 47.4 Å². The van der Waals surface area contributed by atoms with Crippen molar-refractivity contribution in [3.8, 4) is 0 Å². The summed E-state index contributed by atoms with van der Waals surface area (Å²) in [4.78, 5) is 23.4. The molecule has 0 aliphatic heterocycles. The lowest BCUT2D eigenvalue weighted by Gasteiger charge is -2.13. The van der Waals surface area contributed by atoms with Gasteiger partial charge in [0, 0.05) is 10.7 Å². The molecule has 0 saturated heterocycles. The molecule has 2 aromatic rings. The van der Waals surface area contributed by atoms with Gasteiger partial charge in [0.1, 0.15) is 6.54 Å². The zero-order valence-electron chi connectivity index (χ0n) is 14.6. The average molecular weight is 450 g/mol. The van der Waals surface area contributed by atoms with Crippen LogP contribution in [0, 0.1) is 0 Å². The van der Waals surface area contributed by atoms with Crippen molar-refractivity contribution in [3.05, 3.63) is 58.6 Å². The molecule has 0 aliphatic carbocycles. The Morgan fingerprint density at radius 2 is 1.76 bits per heavy atom. The third kappa shape index (κ3) is 6.73. The highest BCUT2D eigenvalue weighted by molar-refractivity contribution is 7.89. The van der Waals surface area contributed by atoms with E-state index in [9.17, 15) is 31.2 Å². The zero-order valence-corrected chi connectivity index (χ0v) is 16.2. The average Bonchev–Trinajstić information content (AvgIpc) is 2.60. The van der Waals surface area contributed by atoms with Gasteiger partial charge in [-0.1, -0.05) is 29.8 Å². The summed E-state index contributed by atoms with van der Waals surface area (Å²) in [6.07, 6.45) is -4.79. The molecular weight excluding hydrogens is 435 g/mol. The SMILES string of the molecule is NS(=O)(=O)c1cc(NC(=O)Cc2ccccc2Cl)ccc1C(=O)NCC(F)(F)F. The van der Waals surface area contributed by atoms with E-state index < -0.39 is 45.0 Å². The molecule has 0 aliphatic rings. The number of anilines is 1. The first kappa shape index (κ1) is 22.7. The van der Waals surface area contributed by atoms with E-state index in [-0.39, 0.29) is 12.1 Å². The van der Waals surface area contributed by atoms with Crippen LogP contribution in [0.2, 0.25) is 5.02 Å². The fourth-order valence-electron chi connectivity index (χ4n) is 2.32. The summed E-state index contributed by atoms with van der Waals surface area (Å²) in [7, 11) is -4.47. The van der Waals surface area contributed by atoms with Crippen molar-refractivity contribution in [2.75, 3.05) is 11.9 Å². The summed E-state index contributed by atoms with van der Waals surface area (Å²) in [5, 5.41) is 9.41. The van der Waals surface area contributed by atoms with Gasteiger partial charge in [-0.15, -0.1) is 0 Å². The lowest BCUT2D eigenvalue weighted by molar-refractivity contribution is -0.123. The Bertz CT molecular complexity index is 1040. The Hall–Kier alpha value is -2.63. The Labute approximate surface area is 169 Å². The van der Waals surface area contributed by atoms with Crippen LogP contribution in [0.25, 0.3) is 0 Å². The molecule has 0 fully saturated rings. The maximum absolute atomic E-state index is 12.3. The number of sulfonamides is 1. The number of nitrogens with two attached hydrogens (primary N) is 1. The molecule has 4 N–H and O–H groups in total. The normalized spacial score (nSPS) is 11.8. The molecule has 12 heteroatoms. The van der Waals surface area contributed by atoms with Gasteiger partial charge < -0.3 is 10.6 Å². The van der Waals surface area contributed by atoms with Crippen LogP contribution in [0.4, 0.5) is 18.9 Å². The van der Waals surface area contributed by atoms with Crippen LogP contribution in [-0.4, -0.2) is 33.0 Å². The highest BCUT2D eigenvalue weighted by Crippen LogP contribution is 2.22. The maximum atomic E-state index is 12.3. The van der Waals surface area contributed by atoms with E-state index in [0.717, 1.165) is 12.1 Å². The third-order valence-electron chi connectivity index (χ3n) is 3.57. The van der Waals surface area contributed by atoms with Crippen molar-refractivity contribution in [1.82, 2.24) is 5.32 Å². The summed E-state index contributed by atoms with van der Waals surface area (Å²) in [6, 6.07) is 9.61. The Balaban J connectivity index is 2.23. The monoisotopic (exact) mass is 449 g/mol. The van der Waals surface area contributed by atoms with Crippen LogP contribution >= 0.6 is 11.6 Å². The molecule has 0 aromatic heterocycles. The van der Waals surface area contributed by atoms with Gasteiger partial charge in [0.05, 0.1) is 16.9 Å². The largest absolute Gasteiger partial charge is 0.405 e. The Kier molecular flexibility index (Phi) is 6.88. The molecular formula is C17H15ClF3N3O4S. The minimum absolute atomic E-state index is 0.0153. The number of benzene rings is 2. The summed E-state index contributed by atoms with van der Waals surface area (Å²) >= 11 is 5.97. The van der Waals surface area contributed by atoms with Crippen LogP contribution in [0.1, 0.15) is 15.9 Å². The van der Waals surface area contributed by atoms with Crippen molar-refractivity contribution >= 4 is 39.1 Å². The molecule has 2 aromatic carbocycles. The van der Waals surface area contributed by atoms with Gasteiger partial charge in [0.2, 0.25) is 15.9 Å². The van der Waals surface area contributed by atoms with E-state index in [4.69, 9.17) is 16.7 Å². The van der Waals surface area contributed by atoms with E-state index in [1.165, 1.54) is 6.07 Å². The Morgan fingerprint density at radius 1 is 1.10 bits per heavy atom. The first-order valence-corrected chi connectivity index (χ1v) is 9.84. The third-order valence-corrected chi connectivity index (χ3v) is 4.89. The molecule has 7 nitrogen and oxygen atoms in total. The quantitative estimate of drug-likeness (QED) is 0.627. The smallest absolute Gasteiger partial charge is 0.343 e. The van der Waals surface area contributed by atoms with E-state index in [2.05, 4.69) is 5.32 Å². The van der Waals surface area contributed by atoms with Gasteiger partial charge in [-0.25, -0.2) is 13.6 Å². The number of hydrogen-bond acceptors (Lipinski definition) is 4. The summed E-state index contributed by atoms with van der Waals surface area (Å²) in [6.45, 7) is -1.65. The number of amides is 2. The second kappa shape index (κ2) is 8.80. The van der Waals surface area contributed by atoms with E-state index in [0.29, 0.717) is 10.6 Å². The molecule has 2 amide bonds. The van der Waals surface area contributed by atoms with E-state index in [1.807, 2.05) is 0 Å². The number of rotatable bonds is 6. The fraction of sp³-hybridized carbons (Fsp3) is 0.176. The predicted molar refractivity (Wildman–Crippen MR) is 100.0 cm³/mol. The first-order valence-electron chi connectivity index (χ1n) is 7.92. The second-order valence-corrected chi connectivity index (χ2v) is 7.81. The molecule has 0 spiro atoms. The summed E-state index contributed by atoms with van der Waals surface area (Å²) < 4.78 is 60.4. The zero-order chi connectivity index (χ0) is 21.8. The summed E-state index contributed by atoms with van der Waals surface area (Å²) in [5.41, 5.74) is -0.0687. The fourth-order valence-corrected chi connectivity index (χ4v) is 3.28. The highest BCUT2D eigenvalue weighted by atomic mass is 35.5. The van der Waals surface area contributed by atoms with Crippen molar-refractivity contribution in [2.45, 2.75) is 17.5 Å². The number of primary sulfonamides is 1. The minimum atomic E-state index is -4.68. The van der Waals surface area contributed by atoms with Gasteiger partial charge >= 0.3 is 6.18 Å². The molecule has 0 bridgehead atoms. The van der Waals surface area contributed by atoms with Gasteiger partial charge in [0.15, 0.2) is 0 Å². The number of nitrogens with one attached hydrogen (secondary N) is 2. The lowest BCUT2D eigenvalue weighted by atomic mass is 10.1.